The molecular formula is C34H35N7O5. The maximum Gasteiger partial charge on any atom is 0.412 e. The Hall–Kier alpha value is -5.49. The van der Waals surface area contributed by atoms with Gasteiger partial charge in [0, 0.05) is 35.9 Å². The second-order valence-electron chi connectivity index (χ2n) is 11.7. The van der Waals surface area contributed by atoms with E-state index in [1.54, 1.807) is 64.4 Å². The van der Waals surface area contributed by atoms with Crippen LogP contribution < -0.4 is 25.8 Å². The number of anilines is 4. The van der Waals surface area contributed by atoms with Crippen molar-refractivity contribution in [3.63, 3.8) is 0 Å². The highest BCUT2D eigenvalue weighted by molar-refractivity contribution is 5.86. The van der Waals surface area contributed by atoms with Crippen LogP contribution in [0.3, 0.4) is 0 Å². The van der Waals surface area contributed by atoms with Crippen molar-refractivity contribution < 1.29 is 19.0 Å². The minimum atomic E-state index is -0.666. The highest BCUT2D eigenvalue weighted by atomic mass is 16.6. The molecule has 0 spiro atoms. The van der Waals surface area contributed by atoms with Crippen LogP contribution in [0.2, 0.25) is 0 Å². The van der Waals surface area contributed by atoms with E-state index < -0.39 is 11.7 Å². The number of fused-ring (bicyclic) bond motifs is 1. The number of ether oxygens (including phenoxy) is 3. The van der Waals surface area contributed by atoms with Gasteiger partial charge in [0.2, 0.25) is 11.8 Å². The number of hydrogen-bond donors (Lipinski definition) is 2. The van der Waals surface area contributed by atoms with Crippen LogP contribution in [0.4, 0.5) is 27.9 Å². The molecule has 1 amide bonds. The molecule has 0 radical (unpaired) electrons. The van der Waals surface area contributed by atoms with Gasteiger partial charge in [-0.1, -0.05) is 36.4 Å². The third-order valence-electron chi connectivity index (χ3n) is 7.20. The van der Waals surface area contributed by atoms with Gasteiger partial charge in [-0.3, -0.25) is 14.7 Å². The van der Waals surface area contributed by atoms with Gasteiger partial charge in [-0.2, -0.15) is 9.97 Å². The Balaban J connectivity index is 1.42. The van der Waals surface area contributed by atoms with Gasteiger partial charge in [0.15, 0.2) is 5.65 Å². The SMILES string of the molecule is COc1nc(N2CCOCC2)ccc1Nc1ncc2cc(-c3ccccc3)c(=O)n(-c3cccc(NC(=O)OC(C)(C)C)c3)c2n1. The first-order valence-electron chi connectivity index (χ1n) is 14.9. The summed E-state index contributed by atoms with van der Waals surface area (Å²) in [5.41, 5.74) is 2.18. The van der Waals surface area contributed by atoms with Gasteiger partial charge in [-0.05, 0) is 62.7 Å². The van der Waals surface area contributed by atoms with Crippen LogP contribution in [-0.2, 0) is 9.47 Å². The number of nitrogens with one attached hydrogen (secondary N) is 2. The van der Waals surface area contributed by atoms with E-state index in [4.69, 9.17) is 19.2 Å². The first kappa shape index (κ1) is 30.5. The highest BCUT2D eigenvalue weighted by Gasteiger charge is 2.20. The minimum absolute atomic E-state index is 0.246. The Bertz CT molecular complexity index is 1930. The van der Waals surface area contributed by atoms with Crippen molar-refractivity contribution in [2.75, 3.05) is 48.9 Å². The van der Waals surface area contributed by atoms with Crippen LogP contribution in [-0.4, -0.2) is 64.6 Å². The van der Waals surface area contributed by atoms with Gasteiger partial charge >= 0.3 is 6.09 Å². The molecule has 236 valence electrons. The topological polar surface area (TPSA) is 133 Å². The molecule has 0 unspecified atom stereocenters. The fourth-order valence-corrected chi connectivity index (χ4v) is 5.14. The number of amides is 1. The van der Waals surface area contributed by atoms with Gasteiger partial charge in [-0.25, -0.2) is 9.78 Å². The van der Waals surface area contributed by atoms with Crippen molar-refractivity contribution in [2.45, 2.75) is 26.4 Å². The van der Waals surface area contributed by atoms with Crippen LogP contribution in [0.5, 0.6) is 5.88 Å². The van der Waals surface area contributed by atoms with E-state index in [0.29, 0.717) is 52.8 Å². The first-order chi connectivity index (χ1) is 22.2. The molecule has 12 nitrogen and oxygen atoms in total. The number of nitrogens with zero attached hydrogens (tertiary/aromatic N) is 5. The number of rotatable bonds is 7. The molecule has 6 rings (SSSR count). The molecule has 12 heteroatoms. The van der Waals surface area contributed by atoms with E-state index in [1.807, 2.05) is 42.5 Å². The second kappa shape index (κ2) is 12.9. The molecule has 0 aliphatic carbocycles. The van der Waals surface area contributed by atoms with Crippen molar-refractivity contribution in [2.24, 2.45) is 0 Å². The number of carbonyl (C=O) groups is 1. The lowest BCUT2D eigenvalue weighted by molar-refractivity contribution is 0.0636. The average molecular weight is 622 g/mol. The summed E-state index contributed by atoms with van der Waals surface area (Å²) in [7, 11) is 1.55. The van der Waals surface area contributed by atoms with Crippen LogP contribution in [0.15, 0.2) is 83.8 Å². The van der Waals surface area contributed by atoms with Gasteiger partial charge in [0.05, 0.1) is 26.0 Å². The molecular weight excluding hydrogens is 586 g/mol. The lowest BCUT2D eigenvalue weighted by Gasteiger charge is -2.28. The third kappa shape index (κ3) is 6.76. The summed E-state index contributed by atoms with van der Waals surface area (Å²) >= 11 is 0. The molecule has 0 atom stereocenters. The molecule has 46 heavy (non-hydrogen) atoms. The molecule has 2 aromatic carbocycles. The fourth-order valence-electron chi connectivity index (χ4n) is 5.14. The third-order valence-corrected chi connectivity index (χ3v) is 7.20. The van der Waals surface area contributed by atoms with Crippen LogP contribution >= 0.6 is 0 Å². The Morgan fingerprint density at radius 1 is 0.957 bits per heavy atom. The van der Waals surface area contributed by atoms with Crippen LogP contribution in [0, 0.1) is 0 Å². The first-order valence-corrected chi connectivity index (χ1v) is 14.9. The van der Waals surface area contributed by atoms with Crippen LogP contribution in [0.25, 0.3) is 27.8 Å². The van der Waals surface area contributed by atoms with Crippen molar-refractivity contribution >= 4 is 40.3 Å². The molecule has 1 fully saturated rings. The maximum absolute atomic E-state index is 14.2. The molecule has 1 aliphatic rings. The Labute approximate surface area is 266 Å². The summed E-state index contributed by atoms with van der Waals surface area (Å²) in [5.74, 6) is 1.41. The number of carbonyl (C=O) groups excluding carboxylic acids is 1. The highest BCUT2D eigenvalue weighted by Crippen LogP contribution is 2.29. The number of pyridine rings is 2. The summed E-state index contributed by atoms with van der Waals surface area (Å²) in [6.45, 7) is 8.14. The lowest BCUT2D eigenvalue weighted by Crippen LogP contribution is -2.36. The molecule has 4 heterocycles. The molecule has 0 bridgehead atoms. The van der Waals surface area contributed by atoms with E-state index >= 15 is 0 Å². The van der Waals surface area contributed by atoms with E-state index in [0.717, 1.165) is 24.5 Å². The molecule has 1 aliphatic heterocycles. The number of morpholine rings is 1. The van der Waals surface area contributed by atoms with E-state index in [9.17, 15) is 9.59 Å². The Morgan fingerprint density at radius 3 is 2.48 bits per heavy atom. The summed E-state index contributed by atoms with van der Waals surface area (Å²) in [5, 5.41) is 6.60. The molecule has 1 saturated heterocycles. The van der Waals surface area contributed by atoms with E-state index in [2.05, 4.69) is 25.5 Å². The monoisotopic (exact) mass is 621 g/mol. The van der Waals surface area contributed by atoms with Crippen molar-refractivity contribution in [3.8, 4) is 22.7 Å². The fraction of sp³-hybridized carbons (Fsp3) is 0.265. The van der Waals surface area contributed by atoms with Gasteiger partial charge in [0.1, 0.15) is 17.1 Å². The number of methoxy groups -OCH3 is 1. The smallest absolute Gasteiger partial charge is 0.412 e. The average Bonchev–Trinajstić information content (AvgIpc) is 3.04. The largest absolute Gasteiger partial charge is 0.479 e. The minimum Gasteiger partial charge on any atom is -0.479 e. The van der Waals surface area contributed by atoms with Crippen molar-refractivity contribution in [1.29, 1.82) is 0 Å². The Kier molecular flexibility index (Phi) is 8.53. The Morgan fingerprint density at radius 2 is 1.74 bits per heavy atom. The van der Waals surface area contributed by atoms with Crippen molar-refractivity contribution in [3.05, 3.63) is 89.3 Å². The van der Waals surface area contributed by atoms with Gasteiger partial charge < -0.3 is 24.4 Å². The predicted molar refractivity (Wildman–Crippen MR) is 178 cm³/mol. The predicted octanol–water partition coefficient (Wildman–Crippen LogP) is 5.78. The zero-order valence-corrected chi connectivity index (χ0v) is 26.1. The molecule has 5 aromatic rings. The quantitative estimate of drug-likeness (QED) is 0.231. The normalized spacial score (nSPS) is 13.3. The van der Waals surface area contributed by atoms with Gasteiger partial charge in [-0.15, -0.1) is 0 Å². The number of benzene rings is 2. The molecule has 3 aromatic heterocycles. The van der Waals surface area contributed by atoms with Gasteiger partial charge in [0.25, 0.3) is 5.56 Å². The maximum atomic E-state index is 14.2. The zero-order valence-electron chi connectivity index (χ0n) is 26.1. The van der Waals surface area contributed by atoms with E-state index in [1.165, 1.54) is 4.57 Å². The van der Waals surface area contributed by atoms with E-state index in [-0.39, 0.29) is 11.5 Å². The number of hydrogen-bond acceptors (Lipinski definition) is 10. The second-order valence-corrected chi connectivity index (χ2v) is 11.7. The zero-order chi connectivity index (χ0) is 32.3. The lowest BCUT2D eigenvalue weighted by atomic mass is 10.1. The summed E-state index contributed by atoms with van der Waals surface area (Å²) in [6.07, 6.45) is 1.06. The molecule has 2 N–H and O–H groups in total. The van der Waals surface area contributed by atoms with Crippen LogP contribution in [0.1, 0.15) is 20.8 Å². The summed E-state index contributed by atoms with van der Waals surface area (Å²) in [4.78, 5) is 42.9. The summed E-state index contributed by atoms with van der Waals surface area (Å²) in [6, 6.07) is 21.9. The molecule has 0 saturated carbocycles. The number of aromatic nitrogens is 4. The summed E-state index contributed by atoms with van der Waals surface area (Å²) < 4.78 is 18.0. The van der Waals surface area contributed by atoms with Crippen molar-refractivity contribution in [1.82, 2.24) is 19.5 Å². The standard InChI is InChI=1S/C34H35N7O5/c1-34(2,3)46-33(43)36-24-11-8-12-25(20-24)41-29-23(19-26(31(41)42)22-9-6-5-7-10-22)21-35-32(39-29)37-27-13-14-28(38-30(27)44-4)40-15-17-45-18-16-40/h5-14,19-21H,15-18H2,1-4H3,(H,36,43)(H,35,37,39).